The number of hydrogen-bond donors (Lipinski definition) is 3. The van der Waals surface area contributed by atoms with E-state index in [2.05, 4.69) is 41.2 Å². The van der Waals surface area contributed by atoms with Crippen LogP contribution in [0.1, 0.15) is 44.8 Å². The Labute approximate surface area is 155 Å². The van der Waals surface area contributed by atoms with Crippen LogP contribution in [0.25, 0.3) is 0 Å². The van der Waals surface area contributed by atoms with Crippen molar-refractivity contribution in [1.29, 1.82) is 0 Å². The minimum atomic E-state index is -0.617. The van der Waals surface area contributed by atoms with Crippen molar-refractivity contribution in [2.24, 2.45) is 4.99 Å². The smallest absolute Gasteiger partial charge is 0.191 e. The van der Waals surface area contributed by atoms with Crippen LogP contribution in [0.15, 0.2) is 29.3 Å². The van der Waals surface area contributed by atoms with E-state index >= 15 is 0 Å². The number of benzene rings is 1. The van der Waals surface area contributed by atoms with Gasteiger partial charge in [0.2, 0.25) is 0 Å². The molecule has 0 saturated heterocycles. The summed E-state index contributed by atoms with van der Waals surface area (Å²) in [5, 5.41) is 17.9. The van der Waals surface area contributed by atoms with Crippen LogP contribution in [0.2, 0.25) is 0 Å². The molecule has 2 rings (SSSR count). The van der Waals surface area contributed by atoms with Gasteiger partial charge in [-0.1, -0.05) is 19.1 Å². The Kier molecular flexibility index (Phi) is 8.41. The lowest BCUT2D eigenvalue weighted by molar-refractivity contribution is 0.187. The summed E-state index contributed by atoms with van der Waals surface area (Å²) in [6.45, 7) is 5.42. The van der Waals surface area contributed by atoms with Crippen molar-refractivity contribution in [2.45, 2.75) is 50.5 Å². The Morgan fingerprint density at radius 1 is 1.32 bits per heavy atom. The number of thioether (sulfide) groups is 1. The Hall–Kier alpha value is -1.40. The number of guanidine groups is 1. The highest BCUT2D eigenvalue weighted by molar-refractivity contribution is 7.99. The molecular formula is C19H31N3O2S. The molecule has 0 spiro atoms. The lowest BCUT2D eigenvalue weighted by atomic mass is 10.1. The van der Waals surface area contributed by atoms with Crippen molar-refractivity contribution < 1.29 is 9.84 Å². The van der Waals surface area contributed by atoms with Crippen LogP contribution in [0.3, 0.4) is 0 Å². The number of aliphatic imine (C=N–C) groups is 1. The maximum absolute atomic E-state index is 10.4. The highest BCUT2D eigenvalue weighted by atomic mass is 32.2. The average molecular weight is 366 g/mol. The predicted octanol–water partition coefficient (Wildman–Crippen LogP) is 2.96. The quantitative estimate of drug-likeness (QED) is 0.488. The van der Waals surface area contributed by atoms with Gasteiger partial charge in [0, 0.05) is 17.8 Å². The van der Waals surface area contributed by atoms with Gasteiger partial charge in [0.25, 0.3) is 0 Å². The number of aliphatic hydroxyl groups excluding tert-OH is 1. The van der Waals surface area contributed by atoms with Crippen LogP contribution >= 0.6 is 11.8 Å². The van der Waals surface area contributed by atoms with Gasteiger partial charge in [-0.15, -0.1) is 0 Å². The summed E-state index contributed by atoms with van der Waals surface area (Å²) in [5.41, 5.74) is 0.848. The first-order valence-corrected chi connectivity index (χ1v) is 10.2. The fraction of sp³-hybridized carbons (Fsp3) is 0.632. The second-order valence-corrected chi connectivity index (χ2v) is 7.82. The number of rotatable bonds is 8. The molecule has 25 heavy (non-hydrogen) atoms. The monoisotopic (exact) mass is 365 g/mol. The third kappa shape index (κ3) is 6.44. The number of aliphatic hydroxyl groups is 1. The molecule has 6 heteroatoms. The van der Waals surface area contributed by atoms with Crippen molar-refractivity contribution in [3.63, 3.8) is 0 Å². The van der Waals surface area contributed by atoms with Gasteiger partial charge in [-0.3, -0.25) is 4.99 Å². The molecule has 0 aliphatic heterocycles. The van der Waals surface area contributed by atoms with Gasteiger partial charge in [-0.25, -0.2) is 0 Å². The fourth-order valence-corrected chi connectivity index (χ4v) is 4.22. The summed E-state index contributed by atoms with van der Waals surface area (Å²) in [6.07, 6.45) is 3.02. The van der Waals surface area contributed by atoms with Crippen LogP contribution in [0, 0.1) is 0 Å². The van der Waals surface area contributed by atoms with E-state index in [9.17, 15) is 5.11 Å². The molecule has 1 saturated carbocycles. The van der Waals surface area contributed by atoms with Crippen LogP contribution in [0.5, 0.6) is 5.75 Å². The molecule has 0 heterocycles. The molecule has 1 aromatic carbocycles. The Morgan fingerprint density at radius 2 is 2.08 bits per heavy atom. The van der Waals surface area contributed by atoms with Gasteiger partial charge in [0.05, 0.1) is 19.8 Å². The molecule has 0 bridgehead atoms. The van der Waals surface area contributed by atoms with Crippen molar-refractivity contribution in [3.05, 3.63) is 29.8 Å². The molecule has 1 aliphatic rings. The van der Waals surface area contributed by atoms with E-state index in [1.165, 1.54) is 25.0 Å². The summed E-state index contributed by atoms with van der Waals surface area (Å²) in [5.74, 6) is 2.76. The average Bonchev–Trinajstić information content (AvgIpc) is 3.07. The highest BCUT2D eigenvalue weighted by Gasteiger charge is 2.25. The first kappa shape index (κ1) is 19.9. The van der Waals surface area contributed by atoms with Gasteiger partial charge in [0.1, 0.15) is 5.75 Å². The fourth-order valence-electron chi connectivity index (χ4n) is 3.08. The van der Waals surface area contributed by atoms with Crippen LogP contribution in [-0.4, -0.2) is 48.3 Å². The number of ether oxygens (including phenoxy) is 1. The third-order valence-corrected chi connectivity index (χ3v) is 5.63. The topological polar surface area (TPSA) is 65.9 Å². The standard InChI is InChI=1S/C19H31N3O2S/c1-4-20-19(22-15-8-11-17(12-15)25-5-2)21-13-18(23)14-6-9-16(24-3)10-7-14/h6-7,9-10,15,17-18,23H,4-5,8,11-13H2,1-3H3,(H2,20,21,22). The lowest BCUT2D eigenvalue weighted by Crippen LogP contribution is -2.42. The number of nitrogens with one attached hydrogen (secondary N) is 2. The summed E-state index contributed by atoms with van der Waals surface area (Å²) in [7, 11) is 1.64. The molecule has 0 amide bonds. The van der Waals surface area contributed by atoms with Crippen molar-refractivity contribution in [2.75, 3.05) is 26.0 Å². The molecule has 140 valence electrons. The molecule has 3 atom stereocenters. The van der Waals surface area contributed by atoms with E-state index in [4.69, 9.17) is 4.74 Å². The number of methoxy groups -OCH3 is 1. The molecule has 3 N–H and O–H groups in total. The van der Waals surface area contributed by atoms with Gasteiger partial charge in [0.15, 0.2) is 5.96 Å². The van der Waals surface area contributed by atoms with E-state index in [1.807, 2.05) is 24.3 Å². The molecule has 0 aromatic heterocycles. The minimum absolute atomic E-state index is 0.335. The summed E-state index contributed by atoms with van der Waals surface area (Å²) in [6, 6.07) is 7.94. The summed E-state index contributed by atoms with van der Waals surface area (Å²) < 4.78 is 5.15. The Balaban J connectivity index is 1.89. The van der Waals surface area contributed by atoms with Crippen molar-refractivity contribution in [1.82, 2.24) is 10.6 Å². The first-order valence-electron chi connectivity index (χ1n) is 9.14. The van der Waals surface area contributed by atoms with Gasteiger partial charge >= 0.3 is 0 Å². The zero-order valence-corrected chi connectivity index (χ0v) is 16.3. The second-order valence-electron chi connectivity index (χ2n) is 6.24. The molecule has 3 unspecified atom stereocenters. The summed E-state index contributed by atoms with van der Waals surface area (Å²) in [4.78, 5) is 4.57. The molecule has 1 aromatic rings. The van der Waals surface area contributed by atoms with E-state index < -0.39 is 6.10 Å². The van der Waals surface area contributed by atoms with Crippen LogP contribution in [0.4, 0.5) is 0 Å². The van der Waals surface area contributed by atoms with Crippen LogP contribution in [-0.2, 0) is 0 Å². The maximum atomic E-state index is 10.4. The lowest BCUT2D eigenvalue weighted by Gasteiger charge is -2.18. The normalized spacial score (nSPS) is 21.8. The number of hydrogen-bond acceptors (Lipinski definition) is 4. The van der Waals surface area contributed by atoms with E-state index in [0.29, 0.717) is 12.6 Å². The zero-order chi connectivity index (χ0) is 18.1. The molecule has 5 nitrogen and oxygen atoms in total. The van der Waals surface area contributed by atoms with Crippen LogP contribution < -0.4 is 15.4 Å². The van der Waals surface area contributed by atoms with E-state index in [-0.39, 0.29) is 0 Å². The van der Waals surface area contributed by atoms with Gasteiger partial charge < -0.3 is 20.5 Å². The largest absolute Gasteiger partial charge is 0.497 e. The Bertz CT molecular complexity index is 536. The molecular weight excluding hydrogens is 334 g/mol. The zero-order valence-electron chi connectivity index (χ0n) is 15.5. The Morgan fingerprint density at radius 3 is 2.72 bits per heavy atom. The van der Waals surface area contributed by atoms with Gasteiger partial charge in [-0.05, 0) is 49.6 Å². The summed E-state index contributed by atoms with van der Waals surface area (Å²) >= 11 is 2.05. The molecule has 1 aliphatic carbocycles. The third-order valence-electron chi connectivity index (χ3n) is 4.39. The number of nitrogens with zero attached hydrogens (tertiary/aromatic N) is 1. The molecule has 0 radical (unpaired) electrons. The predicted molar refractivity (Wildman–Crippen MR) is 107 cm³/mol. The van der Waals surface area contributed by atoms with E-state index in [1.54, 1.807) is 7.11 Å². The second kappa shape index (κ2) is 10.6. The highest BCUT2D eigenvalue weighted by Crippen LogP contribution is 2.29. The van der Waals surface area contributed by atoms with Crippen molar-refractivity contribution >= 4 is 17.7 Å². The minimum Gasteiger partial charge on any atom is -0.497 e. The van der Waals surface area contributed by atoms with E-state index in [0.717, 1.165) is 29.1 Å². The van der Waals surface area contributed by atoms with Crippen molar-refractivity contribution in [3.8, 4) is 5.75 Å². The van der Waals surface area contributed by atoms with Gasteiger partial charge in [-0.2, -0.15) is 11.8 Å². The molecule has 1 fully saturated rings. The maximum Gasteiger partial charge on any atom is 0.191 e. The first-order chi connectivity index (χ1) is 12.2. The SMILES string of the molecule is CCNC(=NCC(O)c1ccc(OC)cc1)NC1CCC(SCC)C1.